The lowest BCUT2D eigenvalue weighted by atomic mass is 10.0. The highest BCUT2D eigenvalue weighted by molar-refractivity contribution is 7.86. The van der Waals surface area contributed by atoms with Crippen LogP contribution in [0.4, 0.5) is 13.2 Å². The Bertz CT molecular complexity index is 799. The highest BCUT2D eigenvalue weighted by Gasteiger charge is 2.35. The molecule has 0 heterocycles. The molecule has 0 saturated carbocycles. The molecule has 0 aliphatic rings. The molecule has 0 bridgehead atoms. The summed E-state index contributed by atoms with van der Waals surface area (Å²) in [5.74, 6) is 0. The number of rotatable bonds is 5. The summed E-state index contributed by atoms with van der Waals surface area (Å²) in [5, 5.41) is 9.93. The van der Waals surface area contributed by atoms with E-state index in [4.69, 9.17) is 4.18 Å². The lowest BCUT2D eigenvalue weighted by Crippen LogP contribution is -2.17. The third-order valence-electron chi connectivity index (χ3n) is 3.32. The first-order chi connectivity index (χ1) is 11.1. The van der Waals surface area contributed by atoms with Crippen molar-refractivity contribution in [3.63, 3.8) is 0 Å². The van der Waals surface area contributed by atoms with Crippen molar-refractivity contribution < 1.29 is 30.9 Å². The van der Waals surface area contributed by atoms with Gasteiger partial charge in [-0.1, -0.05) is 35.9 Å². The van der Waals surface area contributed by atoms with Crippen LogP contribution in [0, 0.1) is 6.92 Å². The van der Waals surface area contributed by atoms with Crippen LogP contribution in [0.5, 0.6) is 0 Å². The molecular formula is C16H15F3O4S. The van der Waals surface area contributed by atoms with Gasteiger partial charge < -0.3 is 5.11 Å². The highest BCUT2D eigenvalue weighted by atomic mass is 32.2. The van der Waals surface area contributed by atoms with Crippen molar-refractivity contribution >= 4 is 10.1 Å². The van der Waals surface area contributed by atoms with E-state index in [1.165, 1.54) is 24.3 Å². The number of hydrogen-bond donors (Lipinski definition) is 1. The maximum Gasteiger partial charge on any atom is 0.416 e. The number of aliphatic hydroxyl groups excluding tert-OH is 1. The van der Waals surface area contributed by atoms with Crippen LogP contribution in [0.15, 0.2) is 53.4 Å². The average molecular weight is 360 g/mol. The average Bonchev–Trinajstić information content (AvgIpc) is 2.52. The Morgan fingerprint density at radius 2 is 1.67 bits per heavy atom. The van der Waals surface area contributed by atoms with Gasteiger partial charge >= 0.3 is 6.18 Å². The fourth-order valence-electron chi connectivity index (χ4n) is 2.06. The van der Waals surface area contributed by atoms with E-state index in [-0.39, 0.29) is 4.90 Å². The van der Waals surface area contributed by atoms with E-state index >= 15 is 0 Å². The minimum Gasteiger partial charge on any atom is -0.386 e. The van der Waals surface area contributed by atoms with Crippen molar-refractivity contribution in [1.82, 2.24) is 0 Å². The third-order valence-corrected chi connectivity index (χ3v) is 4.61. The quantitative estimate of drug-likeness (QED) is 0.830. The maximum absolute atomic E-state index is 12.9. The molecule has 0 aromatic heterocycles. The van der Waals surface area contributed by atoms with E-state index in [1.54, 1.807) is 19.1 Å². The van der Waals surface area contributed by atoms with Crippen LogP contribution in [0.3, 0.4) is 0 Å². The van der Waals surface area contributed by atoms with E-state index in [1.807, 2.05) is 0 Å². The topological polar surface area (TPSA) is 63.6 Å². The van der Waals surface area contributed by atoms with Gasteiger partial charge in [0, 0.05) is 0 Å². The number of benzene rings is 2. The summed E-state index contributed by atoms with van der Waals surface area (Å²) in [6, 6.07) is 10.2. The molecular weight excluding hydrogens is 345 g/mol. The second kappa shape index (κ2) is 6.92. The Labute approximate surface area is 137 Å². The third kappa shape index (κ3) is 4.34. The first-order valence-corrected chi connectivity index (χ1v) is 8.32. The van der Waals surface area contributed by atoms with Gasteiger partial charge in [-0.05, 0) is 30.7 Å². The van der Waals surface area contributed by atoms with Crippen LogP contribution in [-0.2, 0) is 20.5 Å². The number of hydrogen-bond acceptors (Lipinski definition) is 4. The zero-order valence-electron chi connectivity index (χ0n) is 12.6. The standard InChI is InChI=1S/C16H15F3O4S/c1-11-6-8-12(9-7-11)24(21,22)23-10-15(20)13-4-2-3-5-14(13)16(17,18)19/h2-9,15,20H,10H2,1H3. The predicted octanol–water partition coefficient (Wildman–Crippen LogP) is 3.45. The summed E-state index contributed by atoms with van der Waals surface area (Å²) in [6.07, 6.45) is -6.39. The molecule has 1 atom stereocenters. The molecule has 0 aliphatic heterocycles. The highest BCUT2D eigenvalue weighted by Crippen LogP contribution is 2.34. The van der Waals surface area contributed by atoms with Crippen LogP contribution in [-0.4, -0.2) is 20.1 Å². The molecule has 0 amide bonds. The molecule has 0 saturated heterocycles. The summed E-state index contributed by atoms with van der Waals surface area (Å²) >= 11 is 0. The molecule has 2 rings (SSSR count). The van der Waals surface area contributed by atoms with Crippen LogP contribution < -0.4 is 0 Å². The molecule has 0 aliphatic carbocycles. The molecule has 2 aromatic carbocycles. The summed E-state index contributed by atoms with van der Waals surface area (Å²) in [4.78, 5) is -0.135. The first-order valence-electron chi connectivity index (χ1n) is 6.91. The first kappa shape index (κ1) is 18.4. The lowest BCUT2D eigenvalue weighted by Gasteiger charge is -2.17. The molecule has 1 unspecified atom stereocenters. The molecule has 0 spiro atoms. The Balaban J connectivity index is 2.16. The SMILES string of the molecule is Cc1ccc(S(=O)(=O)OCC(O)c2ccccc2C(F)(F)F)cc1. The van der Waals surface area contributed by atoms with Crippen LogP contribution in [0.25, 0.3) is 0 Å². The monoisotopic (exact) mass is 360 g/mol. The number of aliphatic hydroxyl groups is 1. The summed E-state index contributed by atoms with van der Waals surface area (Å²) in [6.45, 7) is 0.957. The van der Waals surface area contributed by atoms with Crippen molar-refractivity contribution in [3.05, 3.63) is 65.2 Å². The maximum atomic E-state index is 12.9. The van der Waals surface area contributed by atoms with E-state index in [0.29, 0.717) is 0 Å². The van der Waals surface area contributed by atoms with E-state index in [0.717, 1.165) is 17.7 Å². The molecule has 130 valence electrons. The molecule has 4 nitrogen and oxygen atoms in total. The number of halogens is 3. The van der Waals surface area contributed by atoms with Crippen molar-refractivity contribution in [2.45, 2.75) is 24.1 Å². The van der Waals surface area contributed by atoms with Crippen molar-refractivity contribution in [2.24, 2.45) is 0 Å². The zero-order valence-corrected chi connectivity index (χ0v) is 13.4. The molecule has 8 heteroatoms. The normalized spacial score (nSPS) is 13.7. The minimum atomic E-state index is -4.66. The fraction of sp³-hybridized carbons (Fsp3) is 0.250. The van der Waals surface area contributed by atoms with Gasteiger partial charge in [-0.2, -0.15) is 21.6 Å². The van der Waals surface area contributed by atoms with Crippen LogP contribution >= 0.6 is 0 Å². The second-order valence-corrected chi connectivity index (χ2v) is 6.77. The van der Waals surface area contributed by atoms with Gasteiger partial charge in [0.15, 0.2) is 0 Å². The zero-order chi connectivity index (χ0) is 18.0. The van der Waals surface area contributed by atoms with Crippen molar-refractivity contribution in [2.75, 3.05) is 6.61 Å². The fourth-order valence-corrected chi connectivity index (χ4v) is 2.98. The van der Waals surface area contributed by atoms with Gasteiger partial charge in [-0.15, -0.1) is 0 Å². The number of aryl methyl sites for hydroxylation is 1. The predicted molar refractivity (Wildman–Crippen MR) is 80.7 cm³/mol. The van der Waals surface area contributed by atoms with Crippen molar-refractivity contribution in [1.29, 1.82) is 0 Å². The summed E-state index contributed by atoms with van der Waals surface area (Å²) < 4.78 is 67.5. The van der Waals surface area contributed by atoms with Gasteiger partial charge in [-0.3, -0.25) is 4.18 Å². The molecule has 0 fully saturated rings. The Kier molecular flexibility index (Phi) is 5.32. The number of alkyl halides is 3. The summed E-state index contributed by atoms with van der Waals surface area (Å²) in [7, 11) is -4.17. The van der Waals surface area contributed by atoms with Gasteiger partial charge in [0.2, 0.25) is 0 Å². The molecule has 2 aromatic rings. The smallest absolute Gasteiger partial charge is 0.386 e. The molecule has 24 heavy (non-hydrogen) atoms. The largest absolute Gasteiger partial charge is 0.416 e. The van der Waals surface area contributed by atoms with Gasteiger partial charge in [0.25, 0.3) is 10.1 Å². The van der Waals surface area contributed by atoms with E-state index < -0.39 is 40.1 Å². The Morgan fingerprint density at radius 1 is 1.08 bits per heavy atom. The Hall–Kier alpha value is -1.90. The second-order valence-electron chi connectivity index (χ2n) is 5.15. The van der Waals surface area contributed by atoms with Gasteiger partial charge in [0.05, 0.1) is 17.1 Å². The Morgan fingerprint density at radius 3 is 2.25 bits per heavy atom. The van der Waals surface area contributed by atoms with Gasteiger partial charge in [0.1, 0.15) is 6.10 Å². The van der Waals surface area contributed by atoms with Crippen LogP contribution in [0.2, 0.25) is 0 Å². The lowest BCUT2D eigenvalue weighted by molar-refractivity contribution is -0.139. The van der Waals surface area contributed by atoms with Gasteiger partial charge in [-0.25, -0.2) is 0 Å². The molecule has 0 radical (unpaired) electrons. The van der Waals surface area contributed by atoms with Crippen LogP contribution in [0.1, 0.15) is 22.8 Å². The van der Waals surface area contributed by atoms with E-state index in [2.05, 4.69) is 0 Å². The molecule has 1 N–H and O–H groups in total. The van der Waals surface area contributed by atoms with Crippen molar-refractivity contribution in [3.8, 4) is 0 Å². The van der Waals surface area contributed by atoms with E-state index in [9.17, 15) is 26.7 Å². The minimum absolute atomic E-state index is 0.135. The summed E-state index contributed by atoms with van der Waals surface area (Å²) in [5.41, 5.74) is -0.633.